The van der Waals surface area contributed by atoms with Gasteiger partial charge < -0.3 is 10.5 Å². The Morgan fingerprint density at radius 3 is 2.53 bits per heavy atom. The number of unbranched alkanes of at least 4 members (excludes halogenated alkanes) is 5. The Morgan fingerprint density at radius 2 is 1.84 bits per heavy atom. The predicted molar refractivity (Wildman–Crippen MR) is 82.9 cm³/mol. The molecule has 0 radical (unpaired) electrons. The maximum atomic E-state index is 6.24. The molecule has 0 saturated carbocycles. The topological polar surface area (TPSA) is 35.2 Å². The lowest BCUT2D eigenvalue weighted by molar-refractivity contribution is 0.403. The highest BCUT2D eigenvalue weighted by Gasteiger charge is 2.11. The van der Waals surface area contributed by atoms with Gasteiger partial charge in [0, 0.05) is 16.6 Å². The first kappa shape index (κ1) is 16.3. The van der Waals surface area contributed by atoms with Crippen LogP contribution < -0.4 is 10.5 Å². The molecule has 0 aromatic heterocycles. The number of benzene rings is 1. The zero-order valence-corrected chi connectivity index (χ0v) is 12.9. The van der Waals surface area contributed by atoms with E-state index in [4.69, 9.17) is 22.1 Å². The Kier molecular flexibility index (Phi) is 7.92. The summed E-state index contributed by atoms with van der Waals surface area (Å²) in [4.78, 5) is 0. The molecule has 19 heavy (non-hydrogen) atoms. The summed E-state index contributed by atoms with van der Waals surface area (Å²) in [6, 6.07) is 5.72. The van der Waals surface area contributed by atoms with Crippen molar-refractivity contribution in [1.29, 1.82) is 0 Å². The van der Waals surface area contributed by atoms with Crippen molar-refractivity contribution >= 4 is 11.6 Å². The SMILES string of the molecule is CCCCCCCCC(N)c1ccc(Cl)cc1OC. The molecule has 0 aliphatic heterocycles. The van der Waals surface area contributed by atoms with E-state index in [9.17, 15) is 0 Å². The second-order valence-corrected chi connectivity index (χ2v) is 5.49. The quantitative estimate of drug-likeness (QED) is 0.640. The molecule has 0 amide bonds. The van der Waals surface area contributed by atoms with Gasteiger partial charge in [0.1, 0.15) is 5.75 Å². The van der Waals surface area contributed by atoms with Gasteiger partial charge >= 0.3 is 0 Å². The van der Waals surface area contributed by atoms with E-state index in [2.05, 4.69) is 6.92 Å². The molecule has 3 heteroatoms. The van der Waals surface area contributed by atoms with E-state index < -0.39 is 0 Å². The fraction of sp³-hybridized carbons (Fsp3) is 0.625. The van der Waals surface area contributed by atoms with E-state index in [1.807, 2.05) is 18.2 Å². The number of nitrogens with two attached hydrogens (primary N) is 1. The predicted octanol–water partition coefficient (Wildman–Crippen LogP) is 5.10. The Morgan fingerprint density at radius 1 is 1.16 bits per heavy atom. The average Bonchev–Trinajstić information content (AvgIpc) is 2.42. The smallest absolute Gasteiger partial charge is 0.125 e. The Hall–Kier alpha value is -0.730. The van der Waals surface area contributed by atoms with Gasteiger partial charge in [0.2, 0.25) is 0 Å². The molecule has 1 unspecified atom stereocenters. The minimum Gasteiger partial charge on any atom is -0.496 e. The largest absolute Gasteiger partial charge is 0.496 e. The van der Waals surface area contributed by atoms with Gasteiger partial charge in [-0.2, -0.15) is 0 Å². The first-order valence-electron chi connectivity index (χ1n) is 7.28. The van der Waals surface area contributed by atoms with Gasteiger partial charge in [-0.25, -0.2) is 0 Å². The monoisotopic (exact) mass is 283 g/mol. The third kappa shape index (κ3) is 5.84. The van der Waals surface area contributed by atoms with Crippen molar-refractivity contribution in [2.75, 3.05) is 7.11 Å². The minimum atomic E-state index is 0.0402. The average molecular weight is 284 g/mol. The number of halogens is 1. The Labute approximate surface area is 122 Å². The van der Waals surface area contributed by atoms with Gasteiger partial charge in [0.15, 0.2) is 0 Å². The molecule has 2 nitrogen and oxygen atoms in total. The third-order valence-corrected chi connectivity index (χ3v) is 3.70. The summed E-state index contributed by atoms with van der Waals surface area (Å²) in [5.41, 5.74) is 7.30. The summed E-state index contributed by atoms with van der Waals surface area (Å²) in [6.45, 7) is 2.24. The fourth-order valence-corrected chi connectivity index (χ4v) is 2.45. The molecule has 0 spiro atoms. The van der Waals surface area contributed by atoms with E-state index in [0.717, 1.165) is 17.7 Å². The van der Waals surface area contributed by atoms with Crippen LogP contribution in [0.5, 0.6) is 5.75 Å². The first-order chi connectivity index (χ1) is 9.19. The van der Waals surface area contributed by atoms with Crippen LogP contribution in [0.2, 0.25) is 5.02 Å². The molecule has 1 rings (SSSR count). The highest BCUT2D eigenvalue weighted by Crippen LogP contribution is 2.29. The van der Waals surface area contributed by atoms with E-state index >= 15 is 0 Å². The summed E-state index contributed by atoms with van der Waals surface area (Å²) in [7, 11) is 1.66. The number of hydrogen-bond acceptors (Lipinski definition) is 2. The van der Waals surface area contributed by atoms with Crippen LogP contribution >= 0.6 is 11.6 Å². The van der Waals surface area contributed by atoms with Gasteiger partial charge in [-0.15, -0.1) is 0 Å². The molecular weight excluding hydrogens is 258 g/mol. The lowest BCUT2D eigenvalue weighted by Crippen LogP contribution is -2.11. The maximum Gasteiger partial charge on any atom is 0.125 e. The van der Waals surface area contributed by atoms with Crippen LogP contribution in [-0.4, -0.2) is 7.11 Å². The van der Waals surface area contributed by atoms with Crippen LogP contribution in [0.4, 0.5) is 0 Å². The maximum absolute atomic E-state index is 6.24. The molecule has 1 aromatic carbocycles. The molecule has 0 aliphatic carbocycles. The minimum absolute atomic E-state index is 0.0402. The van der Waals surface area contributed by atoms with Crippen LogP contribution in [0.25, 0.3) is 0 Å². The van der Waals surface area contributed by atoms with Gasteiger partial charge in [-0.1, -0.05) is 63.1 Å². The molecule has 0 bridgehead atoms. The van der Waals surface area contributed by atoms with E-state index in [0.29, 0.717) is 5.02 Å². The van der Waals surface area contributed by atoms with E-state index in [1.54, 1.807) is 7.11 Å². The summed E-state index contributed by atoms with van der Waals surface area (Å²) < 4.78 is 5.34. The second kappa shape index (κ2) is 9.22. The van der Waals surface area contributed by atoms with Crippen LogP contribution in [0.15, 0.2) is 18.2 Å². The lowest BCUT2D eigenvalue weighted by Gasteiger charge is -2.16. The highest BCUT2D eigenvalue weighted by atomic mass is 35.5. The molecule has 108 valence electrons. The number of rotatable bonds is 9. The number of ether oxygens (including phenoxy) is 1. The zero-order chi connectivity index (χ0) is 14.1. The van der Waals surface area contributed by atoms with E-state index in [-0.39, 0.29) is 6.04 Å². The van der Waals surface area contributed by atoms with Crippen LogP contribution in [0.3, 0.4) is 0 Å². The molecule has 2 N–H and O–H groups in total. The normalized spacial score (nSPS) is 12.4. The zero-order valence-electron chi connectivity index (χ0n) is 12.1. The van der Waals surface area contributed by atoms with Crippen LogP contribution in [-0.2, 0) is 0 Å². The van der Waals surface area contributed by atoms with Gasteiger partial charge in [0.05, 0.1) is 7.11 Å². The van der Waals surface area contributed by atoms with Crippen molar-refractivity contribution in [2.45, 2.75) is 57.9 Å². The van der Waals surface area contributed by atoms with Crippen molar-refractivity contribution in [2.24, 2.45) is 5.73 Å². The van der Waals surface area contributed by atoms with Crippen LogP contribution in [0, 0.1) is 0 Å². The molecule has 0 fully saturated rings. The summed E-state index contributed by atoms with van der Waals surface area (Å²) in [6.07, 6.45) is 8.75. The summed E-state index contributed by atoms with van der Waals surface area (Å²) in [5, 5.41) is 0.687. The highest BCUT2D eigenvalue weighted by molar-refractivity contribution is 6.30. The van der Waals surface area contributed by atoms with Crippen molar-refractivity contribution in [1.82, 2.24) is 0 Å². The molecular formula is C16H26ClNO. The summed E-state index contributed by atoms with van der Waals surface area (Å²) >= 11 is 5.95. The lowest BCUT2D eigenvalue weighted by atomic mass is 9.99. The van der Waals surface area contributed by atoms with Crippen molar-refractivity contribution < 1.29 is 4.74 Å². The van der Waals surface area contributed by atoms with E-state index in [1.165, 1.54) is 38.5 Å². The molecule has 0 aliphatic rings. The van der Waals surface area contributed by atoms with Gasteiger partial charge in [-0.05, 0) is 18.6 Å². The number of hydrogen-bond donors (Lipinski definition) is 1. The fourth-order valence-electron chi connectivity index (χ4n) is 2.29. The Bertz CT molecular complexity index is 368. The molecule has 1 aromatic rings. The third-order valence-electron chi connectivity index (χ3n) is 3.46. The van der Waals surface area contributed by atoms with Crippen molar-refractivity contribution in [3.8, 4) is 5.75 Å². The molecule has 0 saturated heterocycles. The van der Waals surface area contributed by atoms with Crippen molar-refractivity contribution in [3.05, 3.63) is 28.8 Å². The standard InChI is InChI=1S/C16H26ClNO/c1-3-4-5-6-7-8-9-15(18)14-11-10-13(17)12-16(14)19-2/h10-12,15H,3-9,18H2,1-2H3. The first-order valence-corrected chi connectivity index (χ1v) is 7.65. The van der Waals surface area contributed by atoms with Gasteiger partial charge in [-0.3, -0.25) is 0 Å². The van der Waals surface area contributed by atoms with Crippen LogP contribution in [0.1, 0.15) is 63.5 Å². The molecule has 0 heterocycles. The Balaban J connectivity index is 2.38. The number of methoxy groups -OCH3 is 1. The van der Waals surface area contributed by atoms with Crippen molar-refractivity contribution in [3.63, 3.8) is 0 Å². The summed E-state index contributed by atoms with van der Waals surface area (Å²) in [5.74, 6) is 0.797. The molecule has 1 atom stereocenters. The second-order valence-electron chi connectivity index (χ2n) is 5.05. The van der Waals surface area contributed by atoms with Gasteiger partial charge in [0.25, 0.3) is 0 Å².